The molecule has 1 amide bonds. The number of nitrogens with one attached hydrogen (secondary N) is 1. The Morgan fingerprint density at radius 2 is 2.06 bits per heavy atom. The van der Waals surface area contributed by atoms with Crippen LogP contribution < -0.4 is 10.1 Å². The van der Waals surface area contributed by atoms with Crippen LogP contribution in [0.25, 0.3) is 17.1 Å². The molecule has 2 bridgehead atoms. The van der Waals surface area contributed by atoms with Crippen LogP contribution >= 0.6 is 11.8 Å². The molecule has 0 saturated heterocycles. The smallest absolute Gasteiger partial charge is 0.230 e. The lowest BCUT2D eigenvalue weighted by atomic mass is 9.84. The quantitative estimate of drug-likeness (QED) is 0.448. The molecule has 0 radical (unpaired) electrons. The number of carbonyl (C=O) groups is 1. The summed E-state index contributed by atoms with van der Waals surface area (Å²) in [6.07, 6.45) is 8.82. The van der Waals surface area contributed by atoms with Crippen LogP contribution in [0.5, 0.6) is 5.75 Å². The number of ether oxygens (including phenoxy) is 1. The van der Waals surface area contributed by atoms with Gasteiger partial charge in [0.25, 0.3) is 0 Å². The summed E-state index contributed by atoms with van der Waals surface area (Å²) in [5, 5.41) is 12.8. The maximum atomic E-state index is 12.8. The normalized spacial score (nSPS) is 22.0. The van der Waals surface area contributed by atoms with Gasteiger partial charge in [0.1, 0.15) is 5.75 Å². The minimum Gasteiger partial charge on any atom is -0.494 e. The molecule has 2 aromatic heterocycles. The Labute approximate surface area is 204 Å². The highest BCUT2D eigenvalue weighted by atomic mass is 32.2. The van der Waals surface area contributed by atoms with Gasteiger partial charge in [0.15, 0.2) is 11.0 Å². The molecule has 3 aromatic rings. The van der Waals surface area contributed by atoms with Gasteiger partial charge in [-0.2, -0.15) is 0 Å². The second kappa shape index (κ2) is 10.2. The maximum absolute atomic E-state index is 12.8. The summed E-state index contributed by atoms with van der Waals surface area (Å²) in [7, 11) is 0. The molecule has 34 heavy (non-hydrogen) atoms. The van der Waals surface area contributed by atoms with Gasteiger partial charge in [0, 0.05) is 29.7 Å². The SMILES string of the molecule is CCOc1ccc(-n2c(SCC(=O)NC(C)C3CC4CCC3C4)nnc2-c2cccnc2)cc1. The number of pyridine rings is 1. The van der Waals surface area contributed by atoms with E-state index in [-0.39, 0.29) is 11.9 Å². The van der Waals surface area contributed by atoms with Crippen LogP contribution in [-0.2, 0) is 4.79 Å². The summed E-state index contributed by atoms with van der Waals surface area (Å²) >= 11 is 1.41. The molecule has 0 spiro atoms. The molecule has 7 nitrogen and oxygen atoms in total. The first-order valence-corrected chi connectivity index (χ1v) is 13.1. The van der Waals surface area contributed by atoms with Crippen LogP contribution in [-0.4, -0.2) is 44.1 Å². The summed E-state index contributed by atoms with van der Waals surface area (Å²) in [6.45, 7) is 4.74. The van der Waals surface area contributed by atoms with Gasteiger partial charge in [-0.05, 0) is 87.3 Å². The third-order valence-electron chi connectivity index (χ3n) is 7.12. The fourth-order valence-corrected chi connectivity index (χ4v) is 6.34. The Hall–Kier alpha value is -2.87. The summed E-state index contributed by atoms with van der Waals surface area (Å²) < 4.78 is 7.57. The van der Waals surface area contributed by atoms with Crippen molar-refractivity contribution in [3.8, 4) is 22.8 Å². The first-order valence-electron chi connectivity index (χ1n) is 12.1. The largest absolute Gasteiger partial charge is 0.494 e. The molecular formula is C26H31N5O2S. The Balaban J connectivity index is 1.32. The summed E-state index contributed by atoms with van der Waals surface area (Å²) in [5.41, 5.74) is 1.77. The van der Waals surface area contributed by atoms with Gasteiger partial charge in [-0.25, -0.2) is 0 Å². The van der Waals surface area contributed by atoms with Crippen LogP contribution in [0.2, 0.25) is 0 Å². The average molecular weight is 478 g/mol. The van der Waals surface area contributed by atoms with E-state index in [4.69, 9.17) is 4.74 Å². The van der Waals surface area contributed by atoms with Gasteiger partial charge >= 0.3 is 0 Å². The van der Waals surface area contributed by atoms with Crippen molar-refractivity contribution in [3.05, 3.63) is 48.8 Å². The number of benzene rings is 1. The lowest BCUT2D eigenvalue weighted by molar-refractivity contribution is -0.119. The third-order valence-corrected chi connectivity index (χ3v) is 8.04. The van der Waals surface area contributed by atoms with Gasteiger partial charge in [0.05, 0.1) is 12.4 Å². The lowest BCUT2D eigenvalue weighted by Crippen LogP contribution is -2.40. The highest BCUT2D eigenvalue weighted by molar-refractivity contribution is 7.99. The van der Waals surface area contributed by atoms with Crippen molar-refractivity contribution in [2.45, 2.75) is 50.7 Å². The fraction of sp³-hybridized carbons (Fsp3) is 0.462. The van der Waals surface area contributed by atoms with Crippen LogP contribution in [0, 0.1) is 17.8 Å². The topological polar surface area (TPSA) is 81.9 Å². The van der Waals surface area contributed by atoms with E-state index in [0.717, 1.165) is 28.8 Å². The number of nitrogens with zero attached hydrogens (tertiary/aromatic N) is 4. The predicted octanol–water partition coefficient (Wildman–Crippen LogP) is 4.76. The van der Waals surface area contributed by atoms with E-state index in [2.05, 4.69) is 27.4 Å². The molecule has 5 rings (SSSR count). The van der Waals surface area contributed by atoms with Gasteiger partial charge in [-0.3, -0.25) is 14.3 Å². The summed E-state index contributed by atoms with van der Waals surface area (Å²) in [5.74, 6) is 4.13. The van der Waals surface area contributed by atoms with Crippen molar-refractivity contribution in [3.63, 3.8) is 0 Å². The third kappa shape index (κ3) is 4.82. The zero-order valence-electron chi connectivity index (χ0n) is 19.7. The molecule has 4 unspecified atom stereocenters. The highest BCUT2D eigenvalue weighted by Gasteiger charge is 2.42. The number of fused-ring (bicyclic) bond motifs is 2. The summed E-state index contributed by atoms with van der Waals surface area (Å²) in [6, 6.07) is 11.9. The van der Waals surface area contributed by atoms with E-state index in [1.54, 1.807) is 12.4 Å². The van der Waals surface area contributed by atoms with Crippen molar-refractivity contribution in [2.75, 3.05) is 12.4 Å². The second-order valence-electron chi connectivity index (χ2n) is 9.29. The number of hydrogen-bond donors (Lipinski definition) is 1. The highest BCUT2D eigenvalue weighted by Crippen LogP contribution is 2.49. The molecule has 4 atom stereocenters. The van der Waals surface area contributed by atoms with Crippen LogP contribution in [0.3, 0.4) is 0 Å². The zero-order valence-corrected chi connectivity index (χ0v) is 20.5. The van der Waals surface area contributed by atoms with Gasteiger partial charge in [0.2, 0.25) is 5.91 Å². The average Bonchev–Trinajstić information content (AvgIpc) is 3.60. The number of carbonyl (C=O) groups excluding carboxylic acids is 1. The van der Waals surface area contributed by atoms with Gasteiger partial charge in [-0.15, -0.1) is 10.2 Å². The minimum absolute atomic E-state index is 0.0458. The Kier molecular flexibility index (Phi) is 6.85. The lowest BCUT2D eigenvalue weighted by Gasteiger charge is -2.28. The number of amides is 1. The van der Waals surface area contributed by atoms with Crippen molar-refractivity contribution in [2.24, 2.45) is 17.8 Å². The summed E-state index contributed by atoms with van der Waals surface area (Å²) in [4.78, 5) is 17.0. The number of aromatic nitrogens is 4. The van der Waals surface area contributed by atoms with Crippen molar-refractivity contribution in [1.82, 2.24) is 25.1 Å². The van der Waals surface area contributed by atoms with E-state index in [0.29, 0.717) is 29.3 Å². The number of thioether (sulfide) groups is 1. The first-order chi connectivity index (χ1) is 16.6. The van der Waals surface area contributed by atoms with E-state index < -0.39 is 0 Å². The van der Waals surface area contributed by atoms with Crippen LogP contribution in [0.1, 0.15) is 39.5 Å². The van der Waals surface area contributed by atoms with E-state index in [1.807, 2.05) is 47.9 Å². The molecule has 1 N–H and O–H groups in total. The molecule has 2 saturated carbocycles. The molecular weight excluding hydrogens is 446 g/mol. The Morgan fingerprint density at radius 3 is 2.74 bits per heavy atom. The van der Waals surface area contributed by atoms with E-state index in [1.165, 1.54) is 37.4 Å². The molecule has 8 heteroatoms. The van der Waals surface area contributed by atoms with E-state index in [9.17, 15) is 4.79 Å². The maximum Gasteiger partial charge on any atom is 0.230 e. The zero-order chi connectivity index (χ0) is 23.5. The van der Waals surface area contributed by atoms with Crippen molar-refractivity contribution >= 4 is 17.7 Å². The number of hydrogen-bond acceptors (Lipinski definition) is 6. The molecule has 2 fully saturated rings. The standard InChI is InChI=1S/C26H31N5O2S/c1-3-33-22-10-8-21(9-11-22)31-25(20-5-4-12-27-15-20)29-30-26(31)34-16-24(32)28-17(2)23-14-18-6-7-19(23)13-18/h4-5,8-12,15,17-19,23H,3,6-7,13-14,16H2,1-2H3,(H,28,32). The van der Waals surface area contributed by atoms with Crippen LogP contribution in [0.4, 0.5) is 0 Å². The Morgan fingerprint density at radius 1 is 1.21 bits per heavy atom. The fourth-order valence-electron chi connectivity index (χ4n) is 5.58. The molecule has 178 valence electrons. The van der Waals surface area contributed by atoms with Gasteiger partial charge < -0.3 is 10.1 Å². The molecule has 2 aliphatic rings. The van der Waals surface area contributed by atoms with E-state index >= 15 is 0 Å². The second-order valence-corrected chi connectivity index (χ2v) is 10.2. The first kappa shape index (κ1) is 22.9. The molecule has 0 aliphatic heterocycles. The molecule has 2 heterocycles. The molecule has 2 aliphatic carbocycles. The van der Waals surface area contributed by atoms with Gasteiger partial charge in [-0.1, -0.05) is 18.2 Å². The number of rotatable bonds is 9. The predicted molar refractivity (Wildman–Crippen MR) is 133 cm³/mol. The van der Waals surface area contributed by atoms with Crippen molar-refractivity contribution in [1.29, 1.82) is 0 Å². The monoisotopic (exact) mass is 477 g/mol. The molecule has 1 aromatic carbocycles. The minimum atomic E-state index is 0.0458. The van der Waals surface area contributed by atoms with Crippen molar-refractivity contribution < 1.29 is 9.53 Å². The Bertz CT molecular complexity index is 1120. The van der Waals surface area contributed by atoms with Crippen LogP contribution in [0.15, 0.2) is 53.9 Å².